The van der Waals surface area contributed by atoms with Crippen LogP contribution in [0.1, 0.15) is 0 Å². The summed E-state index contributed by atoms with van der Waals surface area (Å²) in [6.07, 6.45) is 0. The van der Waals surface area contributed by atoms with Crippen LogP contribution in [0.15, 0.2) is 48.5 Å². The normalized spacial score (nSPS) is 11.9. The Hall–Kier alpha value is -3.01. The number of rotatable bonds is 1. The SMILES string of the molecule is COc1nnc2cc3cccc4c3c(c2n1)-c1ccccc1-4. The summed E-state index contributed by atoms with van der Waals surface area (Å²) < 4.78 is 5.15. The van der Waals surface area contributed by atoms with E-state index >= 15 is 0 Å². The summed E-state index contributed by atoms with van der Waals surface area (Å²) in [4.78, 5) is 4.55. The van der Waals surface area contributed by atoms with Crippen molar-refractivity contribution in [2.24, 2.45) is 0 Å². The van der Waals surface area contributed by atoms with Crippen molar-refractivity contribution in [2.75, 3.05) is 7.11 Å². The maximum Gasteiger partial charge on any atom is 0.336 e. The second-order valence-electron chi connectivity index (χ2n) is 5.37. The summed E-state index contributed by atoms with van der Waals surface area (Å²) in [6, 6.07) is 17.1. The molecule has 0 amide bonds. The number of benzene rings is 3. The van der Waals surface area contributed by atoms with Crippen molar-refractivity contribution < 1.29 is 4.74 Å². The van der Waals surface area contributed by atoms with Crippen LogP contribution in [-0.4, -0.2) is 22.3 Å². The fraction of sp³-hybridized carbons (Fsp3) is 0.0556. The lowest BCUT2D eigenvalue weighted by atomic mass is 10.0. The van der Waals surface area contributed by atoms with Gasteiger partial charge in [0.05, 0.1) is 7.11 Å². The average Bonchev–Trinajstić information content (AvgIpc) is 2.92. The number of nitrogens with zero attached hydrogens (tertiary/aromatic N) is 3. The van der Waals surface area contributed by atoms with Crippen LogP contribution in [-0.2, 0) is 0 Å². The molecule has 1 aliphatic carbocycles. The Morgan fingerprint density at radius 3 is 2.55 bits per heavy atom. The minimum atomic E-state index is 0.296. The molecule has 5 rings (SSSR count). The van der Waals surface area contributed by atoms with Gasteiger partial charge in [-0.25, -0.2) is 0 Å². The minimum absolute atomic E-state index is 0.296. The van der Waals surface area contributed by atoms with E-state index < -0.39 is 0 Å². The smallest absolute Gasteiger partial charge is 0.336 e. The van der Waals surface area contributed by atoms with E-state index in [4.69, 9.17) is 4.74 Å². The minimum Gasteiger partial charge on any atom is -0.466 e. The second-order valence-corrected chi connectivity index (χ2v) is 5.37. The number of hydrogen-bond donors (Lipinski definition) is 0. The molecule has 1 aromatic heterocycles. The van der Waals surface area contributed by atoms with Gasteiger partial charge in [0.15, 0.2) is 0 Å². The zero-order valence-electron chi connectivity index (χ0n) is 11.9. The van der Waals surface area contributed by atoms with Gasteiger partial charge in [0.25, 0.3) is 0 Å². The monoisotopic (exact) mass is 285 g/mol. The van der Waals surface area contributed by atoms with Crippen molar-refractivity contribution in [3.8, 4) is 28.3 Å². The quantitative estimate of drug-likeness (QED) is 0.439. The first-order valence-electron chi connectivity index (χ1n) is 7.11. The van der Waals surface area contributed by atoms with Crippen molar-refractivity contribution in [2.45, 2.75) is 0 Å². The van der Waals surface area contributed by atoms with Crippen molar-refractivity contribution in [1.29, 1.82) is 0 Å². The predicted molar refractivity (Wildman–Crippen MR) is 85.8 cm³/mol. The maximum atomic E-state index is 5.15. The van der Waals surface area contributed by atoms with E-state index in [0.29, 0.717) is 6.01 Å². The molecule has 0 saturated carbocycles. The Morgan fingerprint density at radius 2 is 1.68 bits per heavy atom. The zero-order valence-corrected chi connectivity index (χ0v) is 11.9. The lowest BCUT2D eigenvalue weighted by Crippen LogP contribution is -1.96. The molecule has 104 valence electrons. The first kappa shape index (κ1) is 11.6. The first-order valence-corrected chi connectivity index (χ1v) is 7.11. The Labute approximate surface area is 126 Å². The predicted octanol–water partition coefficient (Wildman–Crippen LogP) is 3.83. The summed E-state index contributed by atoms with van der Waals surface area (Å²) in [5.74, 6) is 0. The molecule has 1 aliphatic rings. The molecule has 1 heterocycles. The summed E-state index contributed by atoms with van der Waals surface area (Å²) >= 11 is 0. The Bertz CT molecular complexity index is 1070. The first-order chi connectivity index (χ1) is 10.9. The average molecular weight is 285 g/mol. The van der Waals surface area contributed by atoms with E-state index in [9.17, 15) is 0 Å². The van der Waals surface area contributed by atoms with Crippen LogP contribution in [0.4, 0.5) is 0 Å². The third-order valence-corrected chi connectivity index (χ3v) is 4.24. The number of aromatic nitrogens is 3. The van der Waals surface area contributed by atoms with Gasteiger partial charge >= 0.3 is 6.01 Å². The standard InChI is InChI=1S/C18H11N3O/c1-22-18-19-17-14(20-21-18)9-10-5-4-8-12-11-6-2-3-7-13(11)16(17)15(10)12/h2-9H,1H3. The van der Waals surface area contributed by atoms with Gasteiger partial charge in [0.2, 0.25) is 0 Å². The molecule has 4 heteroatoms. The number of fused-ring (bicyclic) bond motifs is 5. The van der Waals surface area contributed by atoms with Crippen molar-refractivity contribution in [3.05, 3.63) is 48.5 Å². The van der Waals surface area contributed by atoms with E-state index in [0.717, 1.165) is 22.0 Å². The molecule has 0 saturated heterocycles. The van der Waals surface area contributed by atoms with E-state index in [1.807, 2.05) is 6.07 Å². The van der Waals surface area contributed by atoms with Gasteiger partial charge in [0.1, 0.15) is 11.0 Å². The van der Waals surface area contributed by atoms with Crippen molar-refractivity contribution in [1.82, 2.24) is 15.2 Å². The number of ether oxygens (including phenoxy) is 1. The lowest BCUT2D eigenvalue weighted by molar-refractivity contribution is 0.376. The molecular weight excluding hydrogens is 274 g/mol. The Kier molecular flexibility index (Phi) is 2.12. The molecule has 0 fully saturated rings. The van der Waals surface area contributed by atoms with Crippen LogP contribution in [0.5, 0.6) is 6.01 Å². The zero-order chi connectivity index (χ0) is 14.7. The molecule has 0 spiro atoms. The van der Waals surface area contributed by atoms with Gasteiger partial charge in [-0.05, 0) is 33.5 Å². The molecule has 22 heavy (non-hydrogen) atoms. The maximum absolute atomic E-state index is 5.15. The van der Waals surface area contributed by atoms with Crippen LogP contribution >= 0.6 is 0 Å². The molecule has 0 bridgehead atoms. The second kappa shape index (κ2) is 4.01. The van der Waals surface area contributed by atoms with E-state index in [2.05, 4.69) is 57.6 Å². The van der Waals surface area contributed by atoms with Gasteiger partial charge in [-0.2, -0.15) is 4.98 Å². The lowest BCUT2D eigenvalue weighted by Gasteiger charge is -2.07. The van der Waals surface area contributed by atoms with Crippen LogP contribution in [0, 0.1) is 0 Å². The molecule has 0 radical (unpaired) electrons. The van der Waals surface area contributed by atoms with Gasteiger partial charge in [-0.1, -0.05) is 47.6 Å². The largest absolute Gasteiger partial charge is 0.466 e. The highest BCUT2D eigenvalue weighted by atomic mass is 16.5. The number of methoxy groups -OCH3 is 1. The van der Waals surface area contributed by atoms with Crippen LogP contribution in [0.2, 0.25) is 0 Å². The highest BCUT2D eigenvalue weighted by Crippen LogP contribution is 2.49. The van der Waals surface area contributed by atoms with E-state index in [1.165, 1.54) is 22.1 Å². The van der Waals surface area contributed by atoms with E-state index in [-0.39, 0.29) is 0 Å². The van der Waals surface area contributed by atoms with Crippen LogP contribution in [0.3, 0.4) is 0 Å². The fourth-order valence-electron chi connectivity index (χ4n) is 3.34. The van der Waals surface area contributed by atoms with Crippen molar-refractivity contribution >= 4 is 21.8 Å². The molecular formula is C18H11N3O. The van der Waals surface area contributed by atoms with E-state index in [1.54, 1.807) is 7.11 Å². The van der Waals surface area contributed by atoms with Gasteiger partial charge in [-0.15, -0.1) is 5.10 Å². The summed E-state index contributed by atoms with van der Waals surface area (Å²) in [5, 5.41) is 10.7. The molecule has 4 aromatic rings. The number of hydrogen-bond acceptors (Lipinski definition) is 4. The summed E-state index contributed by atoms with van der Waals surface area (Å²) in [5.41, 5.74) is 6.46. The molecule has 0 unspecified atom stereocenters. The summed E-state index contributed by atoms with van der Waals surface area (Å²) in [7, 11) is 1.56. The fourth-order valence-corrected chi connectivity index (χ4v) is 3.34. The van der Waals surface area contributed by atoms with Crippen LogP contribution < -0.4 is 4.74 Å². The van der Waals surface area contributed by atoms with Gasteiger partial charge in [-0.3, -0.25) is 0 Å². The van der Waals surface area contributed by atoms with Gasteiger partial charge in [0, 0.05) is 5.56 Å². The summed E-state index contributed by atoms with van der Waals surface area (Å²) in [6.45, 7) is 0. The molecule has 0 aliphatic heterocycles. The molecule has 0 atom stereocenters. The van der Waals surface area contributed by atoms with Gasteiger partial charge < -0.3 is 4.74 Å². The van der Waals surface area contributed by atoms with Crippen LogP contribution in [0.25, 0.3) is 44.1 Å². The topological polar surface area (TPSA) is 47.9 Å². The Balaban J connectivity index is 2.07. The highest BCUT2D eigenvalue weighted by molar-refractivity contribution is 6.22. The molecule has 0 N–H and O–H groups in total. The third-order valence-electron chi connectivity index (χ3n) is 4.24. The molecule has 3 aromatic carbocycles. The van der Waals surface area contributed by atoms with Crippen molar-refractivity contribution in [3.63, 3.8) is 0 Å². The highest BCUT2D eigenvalue weighted by Gasteiger charge is 2.24. The third kappa shape index (κ3) is 1.34. The Morgan fingerprint density at radius 1 is 0.864 bits per heavy atom. The molecule has 4 nitrogen and oxygen atoms in total.